The van der Waals surface area contributed by atoms with E-state index >= 15 is 0 Å². The van der Waals surface area contributed by atoms with E-state index in [1.165, 1.54) is 0 Å². The highest BCUT2D eigenvalue weighted by atomic mass is 35.5. The van der Waals surface area contributed by atoms with Crippen molar-refractivity contribution in [2.75, 3.05) is 6.54 Å². The fourth-order valence-corrected chi connectivity index (χ4v) is 3.73. The Morgan fingerprint density at radius 2 is 1.85 bits per heavy atom. The molecule has 0 radical (unpaired) electrons. The number of aromatic nitrogens is 2. The minimum absolute atomic E-state index is 0.246. The number of carboxylic acids is 1. The molecule has 0 fully saturated rings. The number of nitriles is 1. The summed E-state index contributed by atoms with van der Waals surface area (Å²) in [5, 5.41) is 27.3. The van der Waals surface area contributed by atoms with Crippen molar-refractivity contribution < 1.29 is 14.7 Å². The molecule has 1 heterocycles. The van der Waals surface area contributed by atoms with E-state index in [2.05, 4.69) is 10.4 Å². The predicted molar refractivity (Wildman–Crippen MR) is 125 cm³/mol. The fraction of sp³-hybridized carbons (Fsp3) is 0.120. The third-order valence-corrected chi connectivity index (χ3v) is 5.47. The van der Waals surface area contributed by atoms with Gasteiger partial charge in [0.2, 0.25) is 0 Å². The maximum Gasteiger partial charge on any atom is 0.307 e. The summed E-state index contributed by atoms with van der Waals surface area (Å²) in [7, 11) is 0. The van der Waals surface area contributed by atoms with Gasteiger partial charge in [0.05, 0.1) is 29.3 Å². The van der Waals surface area contributed by atoms with Gasteiger partial charge in [-0.3, -0.25) is 9.59 Å². The Hall–Kier alpha value is -4.15. The first-order valence-electron chi connectivity index (χ1n) is 10.2. The van der Waals surface area contributed by atoms with Gasteiger partial charge in [-0.15, -0.1) is 0 Å². The molecule has 0 saturated carbocycles. The number of nitrogens with one attached hydrogen (secondary N) is 1. The molecule has 7 nitrogen and oxygen atoms in total. The van der Waals surface area contributed by atoms with Gasteiger partial charge in [-0.25, -0.2) is 4.68 Å². The van der Waals surface area contributed by atoms with Crippen LogP contribution in [0.25, 0.3) is 16.6 Å². The summed E-state index contributed by atoms with van der Waals surface area (Å²) in [5.41, 5.74) is 3.27. The number of amides is 1. The Labute approximate surface area is 194 Å². The topological polar surface area (TPSA) is 108 Å². The van der Waals surface area contributed by atoms with Crippen LogP contribution >= 0.6 is 11.6 Å². The molecule has 0 aliphatic rings. The lowest BCUT2D eigenvalue weighted by Gasteiger charge is -2.07. The van der Waals surface area contributed by atoms with Crippen LogP contribution in [-0.4, -0.2) is 33.3 Å². The summed E-state index contributed by atoms with van der Waals surface area (Å²) in [4.78, 5) is 24.0. The summed E-state index contributed by atoms with van der Waals surface area (Å²) in [6.45, 7) is 0.435. The Kier molecular flexibility index (Phi) is 6.38. The number of hydrogen-bond donors (Lipinski definition) is 2. The van der Waals surface area contributed by atoms with Crippen LogP contribution in [0.5, 0.6) is 0 Å². The van der Waals surface area contributed by atoms with E-state index in [9.17, 15) is 14.9 Å². The lowest BCUT2D eigenvalue weighted by atomic mass is 10.0. The van der Waals surface area contributed by atoms with E-state index < -0.39 is 5.97 Å². The maximum atomic E-state index is 12.9. The van der Waals surface area contributed by atoms with Crippen molar-refractivity contribution in [1.82, 2.24) is 15.1 Å². The number of nitrogens with zero attached hydrogens (tertiary/aromatic N) is 3. The van der Waals surface area contributed by atoms with Gasteiger partial charge < -0.3 is 10.4 Å². The zero-order valence-electron chi connectivity index (χ0n) is 17.5. The molecule has 1 amide bonds. The molecule has 4 aromatic rings. The zero-order chi connectivity index (χ0) is 23.4. The highest BCUT2D eigenvalue weighted by Gasteiger charge is 2.18. The molecule has 0 bridgehead atoms. The molecule has 3 aromatic carbocycles. The van der Waals surface area contributed by atoms with Gasteiger partial charge in [0.1, 0.15) is 0 Å². The molecule has 0 aliphatic heterocycles. The summed E-state index contributed by atoms with van der Waals surface area (Å²) in [5.74, 6) is -1.32. The number of rotatable bonds is 7. The van der Waals surface area contributed by atoms with E-state index in [0.29, 0.717) is 40.1 Å². The van der Waals surface area contributed by atoms with Gasteiger partial charge in [0.15, 0.2) is 5.69 Å². The van der Waals surface area contributed by atoms with Crippen molar-refractivity contribution in [3.05, 3.63) is 94.1 Å². The number of para-hydroxylation sites is 1. The Bertz CT molecular complexity index is 1390. The van der Waals surface area contributed by atoms with Crippen LogP contribution in [-0.2, 0) is 17.6 Å². The number of carbonyl (C=O) groups excluding carboxylic acids is 1. The molecule has 0 unspecified atom stereocenters. The highest BCUT2D eigenvalue weighted by Crippen LogP contribution is 2.24. The van der Waals surface area contributed by atoms with E-state index in [1.54, 1.807) is 22.9 Å². The minimum atomic E-state index is -1.01. The van der Waals surface area contributed by atoms with Crippen molar-refractivity contribution >= 4 is 34.4 Å². The molecular formula is C25H19ClN4O3. The molecule has 4 rings (SSSR count). The third-order valence-electron chi connectivity index (χ3n) is 5.22. The number of benzene rings is 3. The molecule has 1 aromatic heterocycles. The molecule has 8 heteroatoms. The number of halogens is 1. The standard InChI is InChI=1S/C25H19ClN4O3/c26-19-8-5-16(6-9-19)11-12-28-25(33)24-21-3-1-2-4-22(21)30(29-24)20-10-7-17(14-23(31)32)18(13-20)15-27/h1-10,13H,11-12,14H2,(H,28,33)(H,31,32). The quantitative estimate of drug-likeness (QED) is 0.432. The summed E-state index contributed by atoms with van der Waals surface area (Å²) >= 11 is 5.91. The summed E-state index contributed by atoms with van der Waals surface area (Å²) in [6, 6.07) is 21.7. The van der Waals surface area contributed by atoms with Crippen molar-refractivity contribution in [2.24, 2.45) is 0 Å². The molecule has 0 aliphatic carbocycles. The van der Waals surface area contributed by atoms with Gasteiger partial charge in [-0.2, -0.15) is 10.4 Å². The van der Waals surface area contributed by atoms with Crippen LogP contribution in [0.4, 0.5) is 0 Å². The van der Waals surface area contributed by atoms with Crippen LogP contribution in [0.1, 0.15) is 27.2 Å². The van der Waals surface area contributed by atoms with Crippen molar-refractivity contribution in [3.63, 3.8) is 0 Å². The van der Waals surface area contributed by atoms with Gasteiger partial charge in [-0.05, 0) is 47.9 Å². The fourth-order valence-electron chi connectivity index (χ4n) is 3.60. The van der Waals surface area contributed by atoms with Gasteiger partial charge in [0.25, 0.3) is 5.91 Å². The van der Waals surface area contributed by atoms with Crippen LogP contribution in [0.2, 0.25) is 5.02 Å². The average Bonchev–Trinajstić information content (AvgIpc) is 3.20. The SMILES string of the molecule is N#Cc1cc(-n2nc(C(=O)NCCc3ccc(Cl)cc3)c3ccccc32)ccc1CC(=O)O. The van der Waals surface area contributed by atoms with Crippen LogP contribution in [0.15, 0.2) is 66.7 Å². The summed E-state index contributed by atoms with van der Waals surface area (Å²) in [6.07, 6.45) is 0.405. The second-order valence-electron chi connectivity index (χ2n) is 7.43. The van der Waals surface area contributed by atoms with Crippen LogP contribution < -0.4 is 5.32 Å². The summed E-state index contributed by atoms with van der Waals surface area (Å²) < 4.78 is 1.59. The zero-order valence-corrected chi connectivity index (χ0v) is 18.2. The molecule has 0 saturated heterocycles. The van der Waals surface area contributed by atoms with Gasteiger partial charge >= 0.3 is 5.97 Å². The molecular weight excluding hydrogens is 440 g/mol. The smallest absolute Gasteiger partial charge is 0.307 e. The van der Waals surface area contributed by atoms with E-state index in [1.807, 2.05) is 54.6 Å². The van der Waals surface area contributed by atoms with Crippen molar-refractivity contribution in [1.29, 1.82) is 5.26 Å². The number of carboxylic acid groups (broad SMARTS) is 1. The average molecular weight is 459 g/mol. The first-order valence-corrected chi connectivity index (χ1v) is 10.6. The lowest BCUT2D eigenvalue weighted by molar-refractivity contribution is -0.136. The lowest BCUT2D eigenvalue weighted by Crippen LogP contribution is -2.26. The Morgan fingerprint density at radius 1 is 1.09 bits per heavy atom. The molecule has 164 valence electrons. The monoisotopic (exact) mass is 458 g/mol. The second-order valence-corrected chi connectivity index (χ2v) is 7.87. The second kappa shape index (κ2) is 9.55. The minimum Gasteiger partial charge on any atom is -0.481 e. The van der Waals surface area contributed by atoms with Crippen molar-refractivity contribution in [2.45, 2.75) is 12.8 Å². The largest absolute Gasteiger partial charge is 0.481 e. The highest BCUT2D eigenvalue weighted by molar-refractivity contribution is 6.30. The predicted octanol–water partition coefficient (Wildman–Crippen LogP) is 4.15. The normalized spacial score (nSPS) is 10.7. The first kappa shape index (κ1) is 22.1. The number of carbonyl (C=O) groups is 2. The number of aliphatic carboxylic acids is 1. The molecule has 0 atom stereocenters. The molecule has 33 heavy (non-hydrogen) atoms. The first-order chi connectivity index (χ1) is 16.0. The van der Waals surface area contributed by atoms with Gasteiger partial charge in [-0.1, -0.05) is 48.0 Å². The third kappa shape index (κ3) is 4.86. The van der Waals surface area contributed by atoms with E-state index in [0.717, 1.165) is 5.56 Å². The maximum absolute atomic E-state index is 12.9. The number of fused-ring (bicyclic) bond motifs is 1. The molecule has 0 spiro atoms. The Balaban J connectivity index is 1.61. The van der Waals surface area contributed by atoms with E-state index in [4.69, 9.17) is 16.7 Å². The van der Waals surface area contributed by atoms with Crippen molar-refractivity contribution in [3.8, 4) is 11.8 Å². The van der Waals surface area contributed by atoms with E-state index in [-0.39, 0.29) is 23.6 Å². The van der Waals surface area contributed by atoms with Crippen LogP contribution in [0, 0.1) is 11.3 Å². The van der Waals surface area contributed by atoms with Gasteiger partial charge in [0, 0.05) is 17.0 Å². The van der Waals surface area contributed by atoms with Crippen LogP contribution in [0.3, 0.4) is 0 Å². The number of hydrogen-bond acceptors (Lipinski definition) is 4. The Morgan fingerprint density at radius 3 is 2.58 bits per heavy atom. The molecule has 2 N–H and O–H groups in total.